The Balaban J connectivity index is 0.00000341. The summed E-state index contributed by atoms with van der Waals surface area (Å²) < 4.78 is 35.8. The van der Waals surface area contributed by atoms with Gasteiger partial charge in [0.2, 0.25) is 0 Å². The van der Waals surface area contributed by atoms with E-state index in [1.807, 2.05) is 6.92 Å². The summed E-state index contributed by atoms with van der Waals surface area (Å²) in [7, 11) is 0. The van der Waals surface area contributed by atoms with Crippen molar-refractivity contribution < 1.29 is 23.3 Å². The molecule has 176 valence electrons. The molecule has 3 rings (SSSR count). The summed E-state index contributed by atoms with van der Waals surface area (Å²) in [6, 6.07) is 3.01. The maximum atomic E-state index is 13.9. The van der Waals surface area contributed by atoms with E-state index < -0.39 is 0 Å². The van der Waals surface area contributed by atoms with Gasteiger partial charge in [0.1, 0.15) is 11.6 Å². The van der Waals surface area contributed by atoms with Crippen molar-refractivity contribution in [2.45, 2.75) is 39.2 Å². The Morgan fingerprint density at radius 1 is 1.23 bits per heavy atom. The topological polar surface area (TPSA) is 73.3 Å². The van der Waals surface area contributed by atoms with Crippen LogP contribution < -0.4 is 15.4 Å². The van der Waals surface area contributed by atoms with Crippen molar-refractivity contribution in [1.29, 1.82) is 0 Å². The van der Waals surface area contributed by atoms with Crippen molar-refractivity contribution in [3.63, 3.8) is 0 Å². The van der Waals surface area contributed by atoms with Crippen LogP contribution in [-0.4, -0.2) is 58.8 Å². The summed E-state index contributed by atoms with van der Waals surface area (Å²) in [5.74, 6) is 1.87. The molecule has 2 aliphatic heterocycles. The summed E-state index contributed by atoms with van der Waals surface area (Å²) in [6.45, 7) is 7.97. The van der Waals surface area contributed by atoms with Gasteiger partial charge in [0.25, 0.3) is 0 Å². The van der Waals surface area contributed by atoms with Gasteiger partial charge in [0.05, 0.1) is 6.61 Å². The molecule has 0 aliphatic carbocycles. The zero-order valence-corrected chi connectivity index (χ0v) is 20.6. The average Bonchev–Trinajstić information content (AvgIpc) is 2.76. The number of nitrogens with one attached hydrogen (secondary N) is 2. The Hall–Kier alpha value is -1.17. The number of rotatable bonds is 10. The zero-order chi connectivity index (χ0) is 21.0. The zero-order valence-electron chi connectivity index (χ0n) is 18.3. The molecule has 2 aliphatic rings. The molecule has 1 aromatic rings. The predicted molar refractivity (Wildman–Crippen MR) is 129 cm³/mol. The molecular weight excluding hydrogens is 516 g/mol. The summed E-state index contributed by atoms with van der Waals surface area (Å²) in [6.07, 6.45) is 3.71. The fourth-order valence-electron chi connectivity index (χ4n) is 3.62. The molecule has 0 unspecified atom stereocenters. The van der Waals surface area contributed by atoms with E-state index in [-0.39, 0.29) is 36.6 Å². The standard InChI is InChI=1S/C22H34FN3O4.HI/c1-2-24-22(25-7-3-9-28-14-17-5-10-27-11-6-17)26-8-4-18-12-20(23)13-19-15-29-16-30-21(18)19;/h12-13,17H,2-11,14-16H2,1H3,(H2,24,25,26);1H. The summed E-state index contributed by atoms with van der Waals surface area (Å²) in [4.78, 5) is 4.60. The molecule has 9 heteroatoms. The highest BCUT2D eigenvalue weighted by Crippen LogP contribution is 2.29. The molecule has 2 heterocycles. The van der Waals surface area contributed by atoms with Gasteiger partial charge in [-0.1, -0.05) is 0 Å². The lowest BCUT2D eigenvalue weighted by Crippen LogP contribution is -2.38. The molecule has 7 nitrogen and oxygen atoms in total. The first-order chi connectivity index (χ1) is 14.8. The second kappa shape index (κ2) is 14.8. The van der Waals surface area contributed by atoms with Crippen LogP contribution in [0.5, 0.6) is 5.75 Å². The number of ether oxygens (including phenoxy) is 4. The van der Waals surface area contributed by atoms with Crippen LogP contribution in [0.3, 0.4) is 0 Å². The number of benzene rings is 1. The summed E-state index contributed by atoms with van der Waals surface area (Å²) in [5, 5.41) is 6.56. The van der Waals surface area contributed by atoms with Crippen molar-refractivity contribution in [1.82, 2.24) is 10.6 Å². The van der Waals surface area contributed by atoms with Crippen LogP contribution in [0.2, 0.25) is 0 Å². The van der Waals surface area contributed by atoms with Crippen molar-refractivity contribution in [2.75, 3.05) is 52.9 Å². The Morgan fingerprint density at radius 2 is 2.06 bits per heavy atom. The summed E-state index contributed by atoms with van der Waals surface area (Å²) >= 11 is 0. The van der Waals surface area contributed by atoms with Crippen molar-refractivity contribution in [3.05, 3.63) is 29.1 Å². The third-order valence-electron chi connectivity index (χ3n) is 5.19. The molecule has 2 N–H and O–H groups in total. The number of hydrogen-bond donors (Lipinski definition) is 2. The van der Waals surface area contributed by atoms with E-state index in [0.29, 0.717) is 32.0 Å². The average molecular weight is 551 g/mol. The minimum Gasteiger partial charge on any atom is -0.467 e. The van der Waals surface area contributed by atoms with Crippen LogP contribution in [0.15, 0.2) is 17.1 Å². The normalized spacial score (nSPS) is 16.8. The number of guanidine groups is 1. The molecule has 1 aromatic carbocycles. The molecule has 1 fully saturated rings. The van der Waals surface area contributed by atoms with Gasteiger partial charge in [0.15, 0.2) is 12.8 Å². The minimum atomic E-state index is -0.265. The number of aliphatic imine (C=N–C) groups is 1. The second-order valence-corrected chi connectivity index (χ2v) is 7.59. The first-order valence-corrected chi connectivity index (χ1v) is 11.0. The Kier molecular flexibility index (Phi) is 12.5. The predicted octanol–water partition coefficient (Wildman–Crippen LogP) is 3.24. The van der Waals surface area contributed by atoms with Crippen LogP contribution in [-0.2, 0) is 27.2 Å². The van der Waals surface area contributed by atoms with Gasteiger partial charge < -0.3 is 29.6 Å². The third kappa shape index (κ3) is 9.07. The first-order valence-electron chi connectivity index (χ1n) is 11.0. The number of hydrogen-bond acceptors (Lipinski definition) is 5. The highest BCUT2D eigenvalue weighted by atomic mass is 127. The Bertz CT molecular complexity index is 687. The van der Waals surface area contributed by atoms with E-state index >= 15 is 0 Å². The van der Waals surface area contributed by atoms with Crippen molar-refractivity contribution in [3.8, 4) is 5.75 Å². The third-order valence-corrected chi connectivity index (χ3v) is 5.19. The minimum absolute atomic E-state index is 0. The quantitative estimate of drug-likeness (QED) is 0.202. The smallest absolute Gasteiger partial charge is 0.191 e. The van der Waals surface area contributed by atoms with Gasteiger partial charge >= 0.3 is 0 Å². The van der Waals surface area contributed by atoms with Crippen LogP contribution in [0.4, 0.5) is 4.39 Å². The van der Waals surface area contributed by atoms with E-state index in [4.69, 9.17) is 18.9 Å². The van der Waals surface area contributed by atoms with E-state index in [2.05, 4.69) is 15.6 Å². The summed E-state index contributed by atoms with van der Waals surface area (Å²) in [5.41, 5.74) is 1.61. The molecule has 0 radical (unpaired) electrons. The first kappa shape index (κ1) is 26.1. The van der Waals surface area contributed by atoms with Gasteiger partial charge in [-0.3, -0.25) is 4.99 Å². The van der Waals surface area contributed by atoms with Crippen LogP contribution >= 0.6 is 24.0 Å². The molecule has 31 heavy (non-hydrogen) atoms. The van der Waals surface area contributed by atoms with Gasteiger partial charge in [-0.05, 0) is 56.2 Å². The fourth-order valence-corrected chi connectivity index (χ4v) is 3.62. The molecule has 0 amide bonds. The Morgan fingerprint density at radius 3 is 2.87 bits per heavy atom. The number of halogens is 2. The highest BCUT2D eigenvalue weighted by molar-refractivity contribution is 14.0. The molecular formula is C22H35FIN3O4. The Labute approximate surface area is 201 Å². The van der Waals surface area contributed by atoms with Crippen LogP contribution in [0.1, 0.15) is 37.3 Å². The SMILES string of the molecule is CCNC(=NCCCOCC1CCOCC1)NCCc1cc(F)cc2c1OCOC2.I. The molecule has 0 spiro atoms. The maximum Gasteiger partial charge on any atom is 0.191 e. The molecule has 0 bridgehead atoms. The van der Waals surface area contributed by atoms with Gasteiger partial charge in [0, 0.05) is 51.6 Å². The van der Waals surface area contributed by atoms with Crippen molar-refractivity contribution in [2.24, 2.45) is 10.9 Å². The lowest BCUT2D eigenvalue weighted by Gasteiger charge is -2.21. The van der Waals surface area contributed by atoms with Crippen molar-refractivity contribution >= 4 is 29.9 Å². The monoisotopic (exact) mass is 551 g/mol. The maximum absolute atomic E-state index is 13.9. The van der Waals surface area contributed by atoms with Crippen LogP contribution in [0, 0.1) is 11.7 Å². The lowest BCUT2D eigenvalue weighted by atomic mass is 10.0. The van der Waals surface area contributed by atoms with Gasteiger partial charge in [-0.15, -0.1) is 24.0 Å². The second-order valence-electron chi connectivity index (χ2n) is 7.59. The lowest BCUT2D eigenvalue weighted by molar-refractivity contribution is -0.0172. The largest absolute Gasteiger partial charge is 0.467 e. The molecule has 1 saturated heterocycles. The van der Waals surface area contributed by atoms with Gasteiger partial charge in [-0.2, -0.15) is 0 Å². The van der Waals surface area contributed by atoms with E-state index in [0.717, 1.165) is 75.1 Å². The molecule has 0 saturated carbocycles. The van der Waals surface area contributed by atoms with E-state index in [9.17, 15) is 4.39 Å². The molecule has 0 aromatic heterocycles. The van der Waals surface area contributed by atoms with E-state index in [1.54, 1.807) is 0 Å². The fraction of sp³-hybridized carbons (Fsp3) is 0.682. The number of fused-ring (bicyclic) bond motifs is 1. The molecule has 0 atom stereocenters. The van der Waals surface area contributed by atoms with Crippen LogP contribution in [0.25, 0.3) is 0 Å². The number of nitrogens with zero attached hydrogens (tertiary/aromatic N) is 1. The van der Waals surface area contributed by atoms with Gasteiger partial charge in [-0.25, -0.2) is 4.39 Å². The van der Waals surface area contributed by atoms with E-state index in [1.165, 1.54) is 12.1 Å². The highest BCUT2D eigenvalue weighted by Gasteiger charge is 2.17.